The van der Waals surface area contributed by atoms with E-state index in [-0.39, 0.29) is 5.91 Å². The average molecular weight is 377 g/mol. The largest absolute Gasteiger partial charge is 0.335 e. The zero-order chi connectivity index (χ0) is 15.1. The zero-order valence-corrected chi connectivity index (χ0v) is 14.6. The highest BCUT2D eigenvalue weighted by atomic mass is 79.9. The molecular weight excluding hydrogens is 360 g/mol. The lowest BCUT2D eigenvalue weighted by Crippen LogP contribution is -2.61. The Hall–Kier alpha value is -1.17. The van der Waals surface area contributed by atoms with Crippen LogP contribution in [0.1, 0.15) is 20.8 Å². The molecule has 0 unspecified atom stereocenters. The number of carbonyl (C=O) groups excluding carboxylic acids is 1. The number of fused-ring (bicyclic) bond motifs is 1. The maximum atomic E-state index is 12.5. The molecule has 5 heteroatoms. The standard InChI is InChI=1S/C17H17BrN2OS/c18-15-4-2-1-3-14(15)17(21)20-10-13(11-20)19-7-5-16-12(9-19)6-8-22-16/h1-4,6,8,13H,5,7,9-11H2. The highest BCUT2D eigenvalue weighted by Gasteiger charge is 2.36. The van der Waals surface area contributed by atoms with Crippen LogP contribution in [0.15, 0.2) is 40.2 Å². The fourth-order valence-electron chi connectivity index (χ4n) is 3.24. The lowest BCUT2D eigenvalue weighted by Gasteiger charge is -2.46. The van der Waals surface area contributed by atoms with E-state index in [2.05, 4.69) is 32.3 Å². The first-order valence-electron chi connectivity index (χ1n) is 7.55. The van der Waals surface area contributed by atoms with Gasteiger partial charge < -0.3 is 4.90 Å². The van der Waals surface area contributed by atoms with E-state index in [0.717, 1.165) is 42.6 Å². The molecule has 2 aliphatic rings. The average Bonchev–Trinajstić information content (AvgIpc) is 2.93. The van der Waals surface area contributed by atoms with E-state index < -0.39 is 0 Å². The van der Waals surface area contributed by atoms with Gasteiger partial charge >= 0.3 is 0 Å². The molecule has 0 N–H and O–H groups in total. The van der Waals surface area contributed by atoms with Crippen LogP contribution in [0.3, 0.4) is 0 Å². The summed E-state index contributed by atoms with van der Waals surface area (Å²) in [5.41, 5.74) is 2.24. The maximum absolute atomic E-state index is 12.5. The summed E-state index contributed by atoms with van der Waals surface area (Å²) >= 11 is 5.34. The van der Waals surface area contributed by atoms with E-state index in [1.807, 2.05) is 40.5 Å². The number of hydrogen-bond donors (Lipinski definition) is 0. The number of nitrogens with zero attached hydrogens (tertiary/aromatic N) is 2. The SMILES string of the molecule is O=C(c1ccccc1Br)N1CC(N2CCc3sccc3C2)C1. The lowest BCUT2D eigenvalue weighted by atomic mass is 10.0. The van der Waals surface area contributed by atoms with Crippen LogP contribution in [0.5, 0.6) is 0 Å². The normalized spacial score (nSPS) is 18.9. The van der Waals surface area contributed by atoms with Crippen molar-refractivity contribution in [1.29, 1.82) is 0 Å². The summed E-state index contributed by atoms with van der Waals surface area (Å²) in [5, 5.41) is 2.19. The van der Waals surface area contributed by atoms with Gasteiger partial charge in [-0.15, -0.1) is 11.3 Å². The van der Waals surface area contributed by atoms with Gasteiger partial charge in [-0.2, -0.15) is 0 Å². The van der Waals surface area contributed by atoms with Crippen molar-refractivity contribution in [2.45, 2.75) is 19.0 Å². The first kappa shape index (κ1) is 14.4. The number of thiophene rings is 1. The molecule has 114 valence electrons. The van der Waals surface area contributed by atoms with Gasteiger partial charge in [-0.25, -0.2) is 0 Å². The van der Waals surface area contributed by atoms with Gasteiger partial charge in [-0.1, -0.05) is 12.1 Å². The second-order valence-corrected chi connectivity index (χ2v) is 7.79. The van der Waals surface area contributed by atoms with Crippen LogP contribution in [-0.4, -0.2) is 41.4 Å². The van der Waals surface area contributed by atoms with Crippen molar-refractivity contribution in [3.63, 3.8) is 0 Å². The number of likely N-dealkylation sites (tertiary alicyclic amines) is 1. The van der Waals surface area contributed by atoms with Crippen LogP contribution in [0.25, 0.3) is 0 Å². The molecule has 2 aromatic rings. The second kappa shape index (κ2) is 5.80. The maximum Gasteiger partial charge on any atom is 0.255 e. The summed E-state index contributed by atoms with van der Waals surface area (Å²) < 4.78 is 0.879. The Labute approximate surface area is 142 Å². The summed E-state index contributed by atoms with van der Waals surface area (Å²) in [5.74, 6) is 0.136. The van der Waals surface area contributed by atoms with E-state index in [9.17, 15) is 4.79 Å². The molecular formula is C17H17BrN2OS. The number of rotatable bonds is 2. The fraction of sp³-hybridized carbons (Fsp3) is 0.353. The summed E-state index contributed by atoms with van der Waals surface area (Å²) in [6.07, 6.45) is 1.15. The Kier molecular flexibility index (Phi) is 3.80. The summed E-state index contributed by atoms with van der Waals surface area (Å²) in [6, 6.07) is 10.4. The molecule has 0 saturated carbocycles. The third-order valence-electron chi connectivity index (χ3n) is 4.61. The van der Waals surface area contributed by atoms with Crippen LogP contribution in [0.4, 0.5) is 0 Å². The summed E-state index contributed by atoms with van der Waals surface area (Å²) in [4.78, 5) is 18.5. The lowest BCUT2D eigenvalue weighted by molar-refractivity contribution is 0.0220. The number of halogens is 1. The van der Waals surface area contributed by atoms with E-state index >= 15 is 0 Å². The first-order valence-corrected chi connectivity index (χ1v) is 9.23. The first-order chi connectivity index (χ1) is 10.7. The number of hydrogen-bond acceptors (Lipinski definition) is 3. The molecule has 2 aliphatic heterocycles. The third-order valence-corrected chi connectivity index (χ3v) is 6.32. The van der Waals surface area contributed by atoms with Crippen molar-refractivity contribution in [1.82, 2.24) is 9.80 Å². The van der Waals surface area contributed by atoms with Crippen molar-refractivity contribution in [2.24, 2.45) is 0 Å². The summed E-state index contributed by atoms with van der Waals surface area (Å²) in [6.45, 7) is 3.86. The van der Waals surface area contributed by atoms with Crippen LogP contribution < -0.4 is 0 Å². The number of amides is 1. The monoisotopic (exact) mass is 376 g/mol. The topological polar surface area (TPSA) is 23.6 Å². The Morgan fingerprint density at radius 2 is 2.05 bits per heavy atom. The Morgan fingerprint density at radius 3 is 2.86 bits per heavy atom. The van der Waals surface area contributed by atoms with Gasteiger partial charge in [0.2, 0.25) is 0 Å². The third kappa shape index (κ3) is 2.51. The molecule has 0 aliphatic carbocycles. The summed E-state index contributed by atoms with van der Waals surface area (Å²) in [7, 11) is 0. The van der Waals surface area contributed by atoms with Crippen LogP contribution in [0.2, 0.25) is 0 Å². The molecule has 1 fully saturated rings. The van der Waals surface area contributed by atoms with Crippen LogP contribution in [-0.2, 0) is 13.0 Å². The molecule has 3 nitrogen and oxygen atoms in total. The van der Waals surface area contributed by atoms with Gasteiger partial charge in [0.05, 0.1) is 5.56 Å². The van der Waals surface area contributed by atoms with Crippen molar-refractivity contribution in [3.05, 3.63) is 56.2 Å². The minimum atomic E-state index is 0.136. The van der Waals surface area contributed by atoms with Crippen molar-refractivity contribution < 1.29 is 4.79 Å². The molecule has 3 heterocycles. The molecule has 1 saturated heterocycles. The molecule has 0 spiro atoms. The van der Waals surface area contributed by atoms with Gasteiger partial charge in [0, 0.05) is 41.6 Å². The van der Waals surface area contributed by atoms with Crippen molar-refractivity contribution >= 4 is 33.2 Å². The molecule has 22 heavy (non-hydrogen) atoms. The Bertz CT molecular complexity index is 708. The second-order valence-electron chi connectivity index (χ2n) is 5.93. The fourth-order valence-corrected chi connectivity index (χ4v) is 4.58. The molecule has 1 aromatic carbocycles. The minimum Gasteiger partial charge on any atom is -0.335 e. The minimum absolute atomic E-state index is 0.136. The quantitative estimate of drug-likeness (QED) is 0.801. The molecule has 0 radical (unpaired) electrons. The number of carbonyl (C=O) groups is 1. The molecule has 1 amide bonds. The smallest absolute Gasteiger partial charge is 0.255 e. The highest BCUT2D eigenvalue weighted by Crippen LogP contribution is 2.28. The number of benzene rings is 1. The van der Waals surface area contributed by atoms with E-state index in [4.69, 9.17) is 0 Å². The molecule has 4 rings (SSSR count). The zero-order valence-electron chi connectivity index (χ0n) is 12.2. The van der Waals surface area contributed by atoms with Gasteiger partial charge in [-0.05, 0) is 51.5 Å². The van der Waals surface area contributed by atoms with Crippen molar-refractivity contribution in [3.8, 4) is 0 Å². The molecule has 1 aromatic heterocycles. The molecule has 0 atom stereocenters. The van der Waals surface area contributed by atoms with Gasteiger partial charge in [0.15, 0.2) is 0 Å². The van der Waals surface area contributed by atoms with Crippen LogP contribution in [0, 0.1) is 0 Å². The van der Waals surface area contributed by atoms with Gasteiger partial charge in [-0.3, -0.25) is 9.69 Å². The van der Waals surface area contributed by atoms with Gasteiger partial charge in [0.1, 0.15) is 0 Å². The highest BCUT2D eigenvalue weighted by molar-refractivity contribution is 9.10. The van der Waals surface area contributed by atoms with E-state index in [1.165, 1.54) is 10.4 Å². The molecule has 0 bridgehead atoms. The predicted octanol–water partition coefficient (Wildman–Crippen LogP) is 3.39. The van der Waals surface area contributed by atoms with Gasteiger partial charge in [0.25, 0.3) is 5.91 Å². The Balaban J connectivity index is 1.39. The van der Waals surface area contributed by atoms with Crippen LogP contribution >= 0.6 is 27.3 Å². The van der Waals surface area contributed by atoms with E-state index in [1.54, 1.807) is 0 Å². The van der Waals surface area contributed by atoms with E-state index in [0.29, 0.717) is 6.04 Å². The predicted molar refractivity (Wildman–Crippen MR) is 92.3 cm³/mol. The Morgan fingerprint density at radius 1 is 1.23 bits per heavy atom. The van der Waals surface area contributed by atoms with Crippen molar-refractivity contribution in [2.75, 3.05) is 19.6 Å².